The van der Waals surface area contributed by atoms with Crippen molar-refractivity contribution in [3.8, 4) is 0 Å². The zero-order valence-corrected chi connectivity index (χ0v) is 12.3. The summed E-state index contributed by atoms with van der Waals surface area (Å²) in [6.07, 6.45) is 3.98. The van der Waals surface area contributed by atoms with Crippen LogP contribution in [0.3, 0.4) is 0 Å². The maximum absolute atomic E-state index is 12.5. The molecule has 1 aromatic heterocycles. The Morgan fingerprint density at radius 3 is 2.85 bits per heavy atom. The second-order valence-electron chi connectivity index (χ2n) is 5.65. The van der Waals surface area contributed by atoms with Crippen LogP contribution in [-0.2, 0) is 21.8 Å². The summed E-state index contributed by atoms with van der Waals surface area (Å²) in [6.45, 7) is 2.27. The Kier molecular flexibility index (Phi) is 3.57. The lowest BCUT2D eigenvalue weighted by molar-refractivity contribution is 0.171. The van der Waals surface area contributed by atoms with E-state index < -0.39 is 10.0 Å². The quantitative estimate of drug-likeness (QED) is 0.805. The van der Waals surface area contributed by atoms with E-state index in [-0.39, 0.29) is 17.0 Å². The first-order valence-electron chi connectivity index (χ1n) is 6.80. The van der Waals surface area contributed by atoms with E-state index >= 15 is 0 Å². The van der Waals surface area contributed by atoms with Crippen LogP contribution in [0.5, 0.6) is 0 Å². The Labute approximate surface area is 118 Å². The minimum Gasteiger partial charge on any atom is -0.381 e. The lowest BCUT2D eigenvalue weighted by Gasteiger charge is -2.20. The van der Waals surface area contributed by atoms with Crippen molar-refractivity contribution >= 4 is 10.0 Å². The van der Waals surface area contributed by atoms with Crippen LogP contribution in [0.2, 0.25) is 0 Å². The molecule has 2 aliphatic rings. The number of nitrogens with two attached hydrogens (primary N) is 1. The fourth-order valence-electron chi connectivity index (χ4n) is 3.06. The predicted octanol–water partition coefficient (Wildman–Crippen LogP) is -0.596. The number of aromatic nitrogens is 2. The van der Waals surface area contributed by atoms with Crippen LogP contribution in [0.4, 0.5) is 0 Å². The molecule has 3 atom stereocenters. The van der Waals surface area contributed by atoms with Crippen molar-refractivity contribution in [1.29, 1.82) is 0 Å². The third-order valence-electron chi connectivity index (χ3n) is 4.23. The van der Waals surface area contributed by atoms with Gasteiger partial charge in [-0.05, 0) is 18.3 Å². The number of nitrogens with zero attached hydrogens (tertiary/aromatic N) is 3. The van der Waals surface area contributed by atoms with E-state index in [2.05, 4.69) is 4.98 Å². The highest BCUT2D eigenvalue weighted by atomic mass is 32.2. The van der Waals surface area contributed by atoms with Crippen molar-refractivity contribution in [2.24, 2.45) is 24.6 Å². The van der Waals surface area contributed by atoms with Crippen molar-refractivity contribution in [1.82, 2.24) is 13.9 Å². The van der Waals surface area contributed by atoms with Gasteiger partial charge >= 0.3 is 0 Å². The standard InChI is InChI=1S/C12H20N4O3S/c1-15-6-12(14-8-15)20(17,18)16-4-10(11(13)5-16)9-2-3-19-7-9/h6,8-11H,2-5,7,13H2,1H3/t9-,10+,11-/m1/s1. The number of hydrogen-bond acceptors (Lipinski definition) is 5. The summed E-state index contributed by atoms with van der Waals surface area (Å²) in [6, 6.07) is -0.125. The fourth-order valence-corrected chi connectivity index (χ4v) is 4.54. The summed E-state index contributed by atoms with van der Waals surface area (Å²) < 4.78 is 33.5. The van der Waals surface area contributed by atoms with Gasteiger partial charge in [-0.25, -0.2) is 13.4 Å². The molecule has 3 rings (SSSR count). The van der Waals surface area contributed by atoms with Gasteiger partial charge in [0.25, 0.3) is 10.0 Å². The summed E-state index contributed by atoms with van der Waals surface area (Å²) in [5.41, 5.74) is 6.14. The molecule has 0 saturated carbocycles. The number of aryl methyl sites for hydroxylation is 1. The van der Waals surface area contributed by atoms with Gasteiger partial charge < -0.3 is 15.0 Å². The van der Waals surface area contributed by atoms with Crippen molar-refractivity contribution < 1.29 is 13.2 Å². The molecule has 2 N–H and O–H groups in total. The zero-order chi connectivity index (χ0) is 14.3. The van der Waals surface area contributed by atoms with Gasteiger partial charge in [0.05, 0.1) is 6.33 Å². The molecule has 0 aliphatic carbocycles. The molecule has 112 valence electrons. The summed E-state index contributed by atoms with van der Waals surface area (Å²) in [5, 5.41) is 0.0931. The van der Waals surface area contributed by atoms with Crippen LogP contribution in [0, 0.1) is 11.8 Å². The smallest absolute Gasteiger partial charge is 0.262 e. The molecule has 0 aromatic carbocycles. The molecule has 0 spiro atoms. The van der Waals surface area contributed by atoms with Gasteiger partial charge in [-0.15, -0.1) is 0 Å². The molecule has 0 radical (unpaired) electrons. The second kappa shape index (κ2) is 5.10. The summed E-state index contributed by atoms with van der Waals surface area (Å²) >= 11 is 0. The molecule has 0 unspecified atom stereocenters. The van der Waals surface area contributed by atoms with E-state index in [1.165, 1.54) is 16.8 Å². The summed E-state index contributed by atoms with van der Waals surface area (Å²) in [7, 11) is -1.78. The molecular weight excluding hydrogens is 280 g/mol. The van der Waals surface area contributed by atoms with Crippen LogP contribution in [0.25, 0.3) is 0 Å². The molecule has 8 heteroatoms. The lowest BCUT2D eigenvalue weighted by Crippen LogP contribution is -2.34. The van der Waals surface area contributed by atoms with E-state index in [1.807, 2.05) is 0 Å². The van der Waals surface area contributed by atoms with Gasteiger partial charge in [0.15, 0.2) is 5.03 Å². The number of rotatable bonds is 3. The van der Waals surface area contributed by atoms with Crippen LogP contribution in [-0.4, -0.2) is 54.6 Å². The normalized spacial score (nSPS) is 32.0. The van der Waals surface area contributed by atoms with Crippen molar-refractivity contribution in [3.63, 3.8) is 0 Å². The Morgan fingerprint density at radius 2 is 2.25 bits per heavy atom. The molecule has 0 bridgehead atoms. The topological polar surface area (TPSA) is 90.5 Å². The Balaban J connectivity index is 1.78. The highest BCUT2D eigenvalue weighted by molar-refractivity contribution is 7.89. The van der Waals surface area contributed by atoms with Crippen LogP contribution < -0.4 is 5.73 Å². The van der Waals surface area contributed by atoms with Gasteiger partial charge in [0.2, 0.25) is 0 Å². The van der Waals surface area contributed by atoms with Crippen LogP contribution in [0.1, 0.15) is 6.42 Å². The van der Waals surface area contributed by atoms with E-state index in [4.69, 9.17) is 10.5 Å². The number of hydrogen-bond donors (Lipinski definition) is 1. The van der Waals surface area contributed by atoms with Crippen molar-refractivity contribution in [2.75, 3.05) is 26.3 Å². The third kappa shape index (κ3) is 2.37. The molecule has 7 nitrogen and oxygen atoms in total. The highest BCUT2D eigenvalue weighted by Crippen LogP contribution is 2.31. The van der Waals surface area contributed by atoms with E-state index in [1.54, 1.807) is 11.6 Å². The molecule has 2 aliphatic heterocycles. The molecule has 3 heterocycles. The van der Waals surface area contributed by atoms with Crippen LogP contribution >= 0.6 is 0 Å². The first-order chi connectivity index (χ1) is 9.48. The average molecular weight is 300 g/mol. The number of sulfonamides is 1. The molecule has 1 aromatic rings. The second-order valence-corrected chi connectivity index (χ2v) is 7.54. The highest BCUT2D eigenvalue weighted by Gasteiger charge is 2.42. The first-order valence-corrected chi connectivity index (χ1v) is 8.24. The van der Waals surface area contributed by atoms with Gasteiger partial charge in [0.1, 0.15) is 0 Å². The van der Waals surface area contributed by atoms with E-state index in [9.17, 15) is 8.42 Å². The largest absolute Gasteiger partial charge is 0.381 e. The van der Waals surface area contributed by atoms with Crippen molar-refractivity contribution in [2.45, 2.75) is 17.5 Å². The van der Waals surface area contributed by atoms with Gasteiger partial charge in [0, 0.05) is 45.6 Å². The van der Waals surface area contributed by atoms with Crippen molar-refractivity contribution in [3.05, 3.63) is 12.5 Å². The zero-order valence-electron chi connectivity index (χ0n) is 11.5. The third-order valence-corrected chi connectivity index (χ3v) is 5.95. The maximum atomic E-state index is 12.5. The molecular formula is C12H20N4O3S. The Hall–Kier alpha value is -0.960. The van der Waals surface area contributed by atoms with E-state index in [0.29, 0.717) is 25.6 Å². The first kappa shape index (κ1) is 14.0. The minimum absolute atomic E-state index is 0.0931. The van der Waals surface area contributed by atoms with Crippen LogP contribution in [0.15, 0.2) is 17.6 Å². The lowest BCUT2D eigenvalue weighted by atomic mass is 9.88. The number of ether oxygens (including phenoxy) is 1. The van der Waals surface area contributed by atoms with Gasteiger partial charge in [-0.2, -0.15) is 4.31 Å². The summed E-state index contributed by atoms with van der Waals surface area (Å²) in [4.78, 5) is 3.95. The maximum Gasteiger partial charge on any atom is 0.262 e. The molecule has 2 fully saturated rings. The summed E-state index contributed by atoms with van der Waals surface area (Å²) in [5.74, 6) is 0.546. The molecule has 20 heavy (non-hydrogen) atoms. The average Bonchev–Trinajstić information content (AvgIpc) is 3.08. The molecule has 2 saturated heterocycles. The molecule has 0 amide bonds. The predicted molar refractivity (Wildman–Crippen MR) is 72.4 cm³/mol. The SMILES string of the molecule is Cn1cnc(S(=O)(=O)N2C[C@@H]([C@@H]3CCOC3)[C@H](N)C2)c1. The van der Waals surface area contributed by atoms with Gasteiger partial charge in [-0.1, -0.05) is 0 Å². The fraction of sp³-hybridized carbons (Fsp3) is 0.750. The van der Waals surface area contributed by atoms with E-state index in [0.717, 1.165) is 13.0 Å². The van der Waals surface area contributed by atoms with Gasteiger partial charge in [-0.3, -0.25) is 0 Å². The Bertz CT molecular complexity index is 579. The monoisotopic (exact) mass is 300 g/mol. The number of imidazole rings is 1. The minimum atomic E-state index is -3.53. The Morgan fingerprint density at radius 1 is 1.45 bits per heavy atom.